The predicted molar refractivity (Wildman–Crippen MR) is 51.7 cm³/mol. The molecule has 5 nitrogen and oxygen atoms in total. The van der Waals surface area contributed by atoms with Crippen molar-refractivity contribution in [2.45, 2.75) is 13.0 Å². The Morgan fingerprint density at radius 2 is 2.36 bits per heavy atom. The molecule has 74 valence electrons. The first-order chi connectivity index (χ1) is 6.72. The number of hydrogen-bond donors (Lipinski definition) is 2. The van der Waals surface area contributed by atoms with E-state index < -0.39 is 6.04 Å². The Labute approximate surface area is 81.2 Å². The Balaban J connectivity index is 2.56. The summed E-state index contributed by atoms with van der Waals surface area (Å²) in [4.78, 5) is 4.21. The molecule has 14 heavy (non-hydrogen) atoms. The zero-order chi connectivity index (χ0) is 10.1. The van der Waals surface area contributed by atoms with Gasteiger partial charge in [-0.15, -0.1) is 5.10 Å². The summed E-state index contributed by atoms with van der Waals surface area (Å²) in [5.41, 5.74) is 7.37. The molecule has 0 saturated carbocycles. The molecule has 1 atom stereocenters. The summed E-state index contributed by atoms with van der Waals surface area (Å²) in [6.07, 6.45) is 0. The molecule has 0 aliphatic rings. The van der Waals surface area contributed by atoms with E-state index in [9.17, 15) is 0 Å². The molecular weight excluding hydrogens is 180 g/mol. The maximum Gasteiger partial charge on any atom is 0.170 e. The van der Waals surface area contributed by atoms with Crippen LogP contribution >= 0.6 is 0 Å². The fraction of sp³-hybridized carbons (Fsp3) is 0.333. The topological polar surface area (TPSA) is 76.4 Å². The van der Waals surface area contributed by atoms with Crippen LogP contribution in [0.3, 0.4) is 0 Å². The van der Waals surface area contributed by atoms with E-state index >= 15 is 0 Å². The number of nitrogens with zero attached hydrogens (tertiary/aromatic N) is 3. The fourth-order valence-corrected chi connectivity index (χ4v) is 1.29. The lowest BCUT2D eigenvalue weighted by Crippen LogP contribution is -2.16. The number of fused-ring (bicyclic) bond motifs is 1. The minimum Gasteiger partial charge on any atom is -0.394 e. The summed E-state index contributed by atoms with van der Waals surface area (Å²) in [5, 5.41) is 13.1. The molecule has 5 heteroatoms. The molecule has 0 amide bonds. The lowest BCUT2D eigenvalue weighted by Gasteiger charge is -1.99. The van der Waals surface area contributed by atoms with Gasteiger partial charge < -0.3 is 10.8 Å². The first-order valence-corrected chi connectivity index (χ1v) is 4.41. The average molecular weight is 192 g/mol. The Morgan fingerprint density at radius 3 is 3.00 bits per heavy atom. The molecule has 3 N–H and O–H groups in total. The van der Waals surface area contributed by atoms with Crippen LogP contribution in [0.2, 0.25) is 0 Å². The third-order valence-corrected chi connectivity index (χ3v) is 2.09. The molecule has 2 rings (SSSR count). The summed E-state index contributed by atoms with van der Waals surface area (Å²) >= 11 is 0. The van der Waals surface area contributed by atoms with Crippen molar-refractivity contribution in [2.24, 2.45) is 5.73 Å². The van der Waals surface area contributed by atoms with E-state index in [1.165, 1.54) is 0 Å². The number of nitrogens with two attached hydrogens (primary N) is 1. The van der Waals surface area contributed by atoms with Crippen molar-refractivity contribution < 1.29 is 5.11 Å². The van der Waals surface area contributed by atoms with E-state index in [2.05, 4.69) is 10.1 Å². The fourth-order valence-electron chi connectivity index (χ4n) is 1.29. The number of aliphatic hydroxyl groups excluding tert-OH is 1. The molecule has 0 saturated heterocycles. The predicted octanol–water partition coefficient (Wildman–Crippen LogP) is 0.0298. The van der Waals surface area contributed by atoms with Gasteiger partial charge in [-0.05, 0) is 19.1 Å². The van der Waals surface area contributed by atoms with Crippen molar-refractivity contribution in [3.8, 4) is 0 Å². The third kappa shape index (κ3) is 1.36. The first-order valence-electron chi connectivity index (χ1n) is 4.41. The number of aryl methyl sites for hydroxylation is 1. The highest BCUT2D eigenvalue weighted by molar-refractivity contribution is 5.38. The van der Waals surface area contributed by atoms with Gasteiger partial charge in [0, 0.05) is 5.69 Å². The minimum atomic E-state index is -0.505. The lowest BCUT2D eigenvalue weighted by molar-refractivity contribution is 0.263. The van der Waals surface area contributed by atoms with Gasteiger partial charge in [-0.2, -0.15) is 0 Å². The van der Waals surface area contributed by atoms with Gasteiger partial charge in [0.1, 0.15) is 0 Å². The largest absolute Gasteiger partial charge is 0.394 e. The molecule has 0 radical (unpaired) electrons. The molecule has 1 unspecified atom stereocenters. The van der Waals surface area contributed by atoms with Crippen molar-refractivity contribution in [2.75, 3.05) is 6.61 Å². The van der Waals surface area contributed by atoms with Crippen LogP contribution in [-0.2, 0) is 0 Å². The average Bonchev–Trinajstić information content (AvgIpc) is 2.62. The monoisotopic (exact) mass is 192 g/mol. The van der Waals surface area contributed by atoms with E-state index in [-0.39, 0.29) is 6.61 Å². The highest BCUT2D eigenvalue weighted by Gasteiger charge is 2.11. The summed E-state index contributed by atoms with van der Waals surface area (Å²) in [6.45, 7) is 1.80. The standard InChI is InChI=1S/C9H12N4O/c1-6-3-2-4-8-11-9(7(10)5-14)12-13(6)8/h2-4,7,14H,5,10H2,1H3. The van der Waals surface area contributed by atoms with Crippen molar-refractivity contribution >= 4 is 5.65 Å². The van der Waals surface area contributed by atoms with Crippen LogP contribution < -0.4 is 5.73 Å². The minimum absolute atomic E-state index is 0.143. The number of aromatic nitrogens is 3. The van der Waals surface area contributed by atoms with Gasteiger partial charge >= 0.3 is 0 Å². The molecule has 2 heterocycles. The quantitative estimate of drug-likeness (QED) is 0.703. The van der Waals surface area contributed by atoms with Crippen molar-refractivity contribution in [1.29, 1.82) is 0 Å². The van der Waals surface area contributed by atoms with Crippen molar-refractivity contribution in [3.63, 3.8) is 0 Å². The van der Waals surface area contributed by atoms with Crippen LogP contribution in [-0.4, -0.2) is 26.3 Å². The Morgan fingerprint density at radius 1 is 1.57 bits per heavy atom. The molecule has 2 aromatic heterocycles. The van der Waals surface area contributed by atoms with Gasteiger partial charge in [-0.3, -0.25) is 0 Å². The van der Waals surface area contributed by atoms with E-state index in [0.29, 0.717) is 5.82 Å². The second-order valence-electron chi connectivity index (χ2n) is 3.20. The van der Waals surface area contributed by atoms with Crippen molar-refractivity contribution in [3.05, 3.63) is 29.7 Å². The molecule has 0 aliphatic heterocycles. The zero-order valence-electron chi connectivity index (χ0n) is 7.88. The van der Waals surface area contributed by atoms with E-state index in [0.717, 1.165) is 11.3 Å². The van der Waals surface area contributed by atoms with E-state index in [4.69, 9.17) is 10.8 Å². The summed E-state index contributed by atoms with van der Waals surface area (Å²) < 4.78 is 1.71. The molecule has 0 aromatic carbocycles. The number of aliphatic hydroxyl groups is 1. The normalized spacial score (nSPS) is 13.4. The number of hydrogen-bond acceptors (Lipinski definition) is 4. The maximum absolute atomic E-state index is 8.87. The van der Waals surface area contributed by atoms with Gasteiger partial charge in [-0.1, -0.05) is 6.07 Å². The van der Waals surface area contributed by atoms with Crippen LogP contribution in [0.25, 0.3) is 5.65 Å². The summed E-state index contributed by atoms with van der Waals surface area (Å²) in [6, 6.07) is 5.20. The van der Waals surface area contributed by atoms with Crippen LogP contribution in [0.4, 0.5) is 0 Å². The molecule has 0 bridgehead atoms. The van der Waals surface area contributed by atoms with Crippen LogP contribution in [0.5, 0.6) is 0 Å². The lowest BCUT2D eigenvalue weighted by atomic mass is 10.3. The SMILES string of the molecule is Cc1cccc2nc(C(N)CO)nn12. The number of pyridine rings is 1. The smallest absolute Gasteiger partial charge is 0.170 e. The molecule has 2 aromatic rings. The summed E-state index contributed by atoms with van der Waals surface area (Å²) in [7, 11) is 0. The second-order valence-corrected chi connectivity index (χ2v) is 3.20. The van der Waals surface area contributed by atoms with E-state index in [1.54, 1.807) is 4.52 Å². The van der Waals surface area contributed by atoms with Gasteiger partial charge in [0.15, 0.2) is 11.5 Å². The molecular formula is C9H12N4O. The first kappa shape index (κ1) is 9.11. The van der Waals surface area contributed by atoms with Crippen LogP contribution in [0.15, 0.2) is 18.2 Å². The molecule has 0 spiro atoms. The second kappa shape index (κ2) is 3.36. The third-order valence-electron chi connectivity index (χ3n) is 2.09. The van der Waals surface area contributed by atoms with Gasteiger partial charge in [-0.25, -0.2) is 9.50 Å². The van der Waals surface area contributed by atoms with Crippen LogP contribution in [0, 0.1) is 6.92 Å². The summed E-state index contributed by atoms with van der Waals surface area (Å²) in [5.74, 6) is 0.474. The van der Waals surface area contributed by atoms with Gasteiger partial charge in [0.2, 0.25) is 0 Å². The van der Waals surface area contributed by atoms with E-state index in [1.807, 2.05) is 25.1 Å². The maximum atomic E-state index is 8.87. The van der Waals surface area contributed by atoms with Crippen molar-refractivity contribution in [1.82, 2.24) is 14.6 Å². The zero-order valence-corrected chi connectivity index (χ0v) is 7.88. The number of rotatable bonds is 2. The highest BCUT2D eigenvalue weighted by atomic mass is 16.3. The Hall–Kier alpha value is -1.46. The van der Waals surface area contributed by atoms with Gasteiger partial charge in [0.05, 0.1) is 12.6 Å². The Bertz CT molecular complexity index is 451. The highest BCUT2D eigenvalue weighted by Crippen LogP contribution is 2.08. The Kier molecular flexibility index (Phi) is 2.18. The van der Waals surface area contributed by atoms with Crippen LogP contribution in [0.1, 0.15) is 17.6 Å². The van der Waals surface area contributed by atoms with Gasteiger partial charge in [0.25, 0.3) is 0 Å². The molecule has 0 fully saturated rings. The molecule has 0 aliphatic carbocycles.